The van der Waals surface area contributed by atoms with E-state index in [4.69, 9.17) is 16.3 Å². The number of anilines is 1. The fourth-order valence-corrected chi connectivity index (χ4v) is 4.46. The number of amides is 1. The van der Waals surface area contributed by atoms with E-state index in [1.54, 1.807) is 55.0 Å². The van der Waals surface area contributed by atoms with Crippen molar-refractivity contribution in [1.29, 1.82) is 0 Å². The van der Waals surface area contributed by atoms with Gasteiger partial charge in [-0.3, -0.25) is 18.7 Å². The predicted octanol–water partition coefficient (Wildman–Crippen LogP) is 3.88. The maximum atomic E-state index is 13.3. The highest BCUT2D eigenvalue weighted by molar-refractivity contribution is 7.17. The lowest BCUT2D eigenvalue weighted by molar-refractivity contribution is -0.116. The van der Waals surface area contributed by atoms with E-state index in [2.05, 4.69) is 5.32 Å². The van der Waals surface area contributed by atoms with Crippen molar-refractivity contribution in [2.75, 3.05) is 12.4 Å². The SMILES string of the molecule is COc1cccc(Cn2c(=O)c3sccc3n(CC(=O)Nc3cc(Cl)ccc3C)c2=O)c1. The molecule has 4 rings (SSSR count). The molecule has 164 valence electrons. The summed E-state index contributed by atoms with van der Waals surface area (Å²) in [6.07, 6.45) is 0. The molecule has 0 saturated heterocycles. The number of nitrogens with zero attached hydrogens (tertiary/aromatic N) is 2. The first-order chi connectivity index (χ1) is 15.4. The van der Waals surface area contributed by atoms with Crippen LogP contribution in [0, 0.1) is 6.92 Å². The molecule has 2 aromatic heterocycles. The first-order valence-electron chi connectivity index (χ1n) is 9.77. The van der Waals surface area contributed by atoms with Crippen LogP contribution < -0.4 is 21.3 Å². The van der Waals surface area contributed by atoms with Crippen LogP contribution in [-0.4, -0.2) is 22.2 Å². The van der Waals surface area contributed by atoms with E-state index in [-0.39, 0.29) is 18.6 Å². The number of ether oxygens (including phenoxy) is 1. The summed E-state index contributed by atoms with van der Waals surface area (Å²) in [4.78, 5) is 39.0. The lowest BCUT2D eigenvalue weighted by atomic mass is 10.2. The first-order valence-corrected chi connectivity index (χ1v) is 11.0. The van der Waals surface area contributed by atoms with Gasteiger partial charge in [-0.05, 0) is 53.8 Å². The maximum Gasteiger partial charge on any atom is 0.332 e. The van der Waals surface area contributed by atoms with Crippen LogP contribution in [-0.2, 0) is 17.9 Å². The number of rotatable bonds is 6. The van der Waals surface area contributed by atoms with Crippen molar-refractivity contribution in [2.45, 2.75) is 20.0 Å². The molecule has 0 aliphatic carbocycles. The quantitative estimate of drug-likeness (QED) is 0.464. The van der Waals surface area contributed by atoms with E-state index < -0.39 is 11.6 Å². The zero-order valence-electron chi connectivity index (χ0n) is 17.4. The summed E-state index contributed by atoms with van der Waals surface area (Å²) in [6, 6.07) is 14.0. The predicted molar refractivity (Wildman–Crippen MR) is 127 cm³/mol. The number of hydrogen-bond acceptors (Lipinski definition) is 5. The number of carbonyl (C=O) groups excluding carboxylic acids is 1. The standard InChI is InChI=1S/C23H20ClN3O4S/c1-14-6-7-16(24)11-18(14)25-20(28)13-26-19-8-9-32-21(19)22(29)27(23(26)30)12-15-4-3-5-17(10-15)31-2/h3-11H,12-13H2,1-2H3,(H,25,28). The van der Waals surface area contributed by atoms with Gasteiger partial charge >= 0.3 is 5.69 Å². The molecule has 0 saturated carbocycles. The smallest absolute Gasteiger partial charge is 0.332 e. The van der Waals surface area contributed by atoms with Crippen LogP contribution >= 0.6 is 22.9 Å². The molecule has 0 bridgehead atoms. The molecule has 0 atom stereocenters. The van der Waals surface area contributed by atoms with Crippen molar-refractivity contribution in [3.05, 3.63) is 90.9 Å². The third-order valence-electron chi connectivity index (χ3n) is 5.09. The summed E-state index contributed by atoms with van der Waals surface area (Å²) in [5.41, 5.74) is 1.65. The Morgan fingerprint density at radius 1 is 1.12 bits per heavy atom. The molecular weight excluding hydrogens is 450 g/mol. The van der Waals surface area contributed by atoms with Gasteiger partial charge in [0.05, 0.1) is 19.2 Å². The van der Waals surface area contributed by atoms with E-state index in [9.17, 15) is 14.4 Å². The third kappa shape index (κ3) is 4.32. The summed E-state index contributed by atoms with van der Waals surface area (Å²) >= 11 is 7.27. The van der Waals surface area contributed by atoms with Gasteiger partial charge in [-0.25, -0.2) is 4.79 Å². The highest BCUT2D eigenvalue weighted by Crippen LogP contribution is 2.21. The number of carbonyl (C=O) groups is 1. The van der Waals surface area contributed by atoms with E-state index in [0.29, 0.717) is 26.7 Å². The summed E-state index contributed by atoms with van der Waals surface area (Å²) in [5.74, 6) is 0.237. The Hall–Kier alpha value is -3.36. The lowest BCUT2D eigenvalue weighted by Crippen LogP contribution is -2.41. The van der Waals surface area contributed by atoms with Crippen molar-refractivity contribution in [1.82, 2.24) is 9.13 Å². The normalized spacial score (nSPS) is 11.0. The molecule has 2 heterocycles. The molecule has 9 heteroatoms. The van der Waals surface area contributed by atoms with Crippen LogP contribution in [0.2, 0.25) is 5.02 Å². The fourth-order valence-electron chi connectivity index (χ4n) is 3.44. The molecule has 7 nitrogen and oxygen atoms in total. The van der Waals surface area contributed by atoms with E-state index in [1.165, 1.54) is 15.9 Å². The van der Waals surface area contributed by atoms with Crippen LogP contribution in [0.15, 0.2) is 63.5 Å². The zero-order chi connectivity index (χ0) is 22.8. The number of nitrogens with one attached hydrogen (secondary N) is 1. The molecule has 4 aromatic rings. The van der Waals surface area contributed by atoms with E-state index in [0.717, 1.165) is 15.7 Å². The Bertz CT molecular complexity index is 1440. The largest absolute Gasteiger partial charge is 0.497 e. The number of aromatic nitrogens is 2. The van der Waals surface area contributed by atoms with E-state index >= 15 is 0 Å². The molecule has 2 aromatic carbocycles. The lowest BCUT2D eigenvalue weighted by Gasteiger charge is -2.14. The zero-order valence-corrected chi connectivity index (χ0v) is 19.0. The van der Waals surface area contributed by atoms with Gasteiger partial charge in [-0.1, -0.05) is 29.8 Å². The van der Waals surface area contributed by atoms with Gasteiger partial charge in [0.25, 0.3) is 5.56 Å². The summed E-state index contributed by atoms with van der Waals surface area (Å²) < 4.78 is 8.11. The number of aryl methyl sites for hydroxylation is 1. The van der Waals surface area contributed by atoms with Gasteiger partial charge in [-0.15, -0.1) is 11.3 Å². The van der Waals surface area contributed by atoms with Crippen molar-refractivity contribution in [3.63, 3.8) is 0 Å². The molecule has 1 N–H and O–H groups in total. The van der Waals surface area contributed by atoms with Gasteiger partial charge in [0, 0.05) is 10.7 Å². The molecule has 0 spiro atoms. The average Bonchev–Trinajstić information content (AvgIpc) is 3.27. The highest BCUT2D eigenvalue weighted by Gasteiger charge is 2.17. The van der Waals surface area contributed by atoms with Crippen LogP contribution in [0.5, 0.6) is 5.75 Å². The van der Waals surface area contributed by atoms with Crippen LogP contribution in [0.25, 0.3) is 10.2 Å². The monoisotopic (exact) mass is 469 g/mol. The minimum atomic E-state index is -0.554. The molecule has 0 fully saturated rings. The van der Waals surface area contributed by atoms with Crippen LogP contribution in [0.1, 0.15) is 11.1 Å². The molecular formula is C23H20ClN3O4S. The number of methoxy groups -OCH3 is 1. The van der Waals surface area contributed by atoms with Crippen molar-refractivity contribution in [2.24, 2.45) is 0 Å². The minimum Gasteiger partial charge on any atom is -0.497 e. The summed E-state index contributed by atoms with van der Waals surface area (Å²) in [7, 11) is 1.55. The second-order valence-corrected chi connectivity index (χ2v) is 8.61. The highest BCUT2D eigenvalue weighted by atomic mass is 35.5. The van der Waals surface area contributed by atoms with Crippen LogP contribution in [0.4, 0.5) is 5.69 Å². The first kappa shape index (κ1) is 21.9. The fraction of sp³-hybridized carbons (Fsp3) is 0.174. The van der Waals surface area contributed by atoms with Crippen LogP contribution in [0.3, 0.4) is 0 Å². The number of benzene rings is 2. The maximum absolute atomic E-state index is 13.3. The molecule has 0 unspecified atom stereocenters. The molecule has 0 aliphatic rings. The average molecular weight is 470 g/mol. The Morgan fingerprint density at radius 2 is 1.94 bits per heavy atom. The van der Waals surface area contributed by atoms with Crippen molar-refractivity contribution in [3.8, 4) is 5.75 Å². The Labute approximate surface area is 192 Å². The molecule has 1 amide bonds. The second-order valence-electron chi connectivity index (χ2n) is 7.25. The van der Waals surface area contributed by atoms with Gasteiger partial charge in [0.1, 0.15) is 17.0 Å². The third-order valence-corrected chi connectivity index (χ3v) is 6.21. The van der Waals surface area contributed by atoms with E-state index in [1.807, 2.05) is 13.0 Å². The summed E-state index contributed by atoms with van der Waals surface area (Å²) in [5, 5.41) is 5.03. The minimum absolute atomic E-state index is 0.0672. The van der Waals surface area contributed by atoms with Gasteiger partial charge in [-0.2, -0.15) is 0 Å². The number of fused-ring (bicyclic) bond motifs is 1. The van der Waals surface area contributed by atoms with Gasteiger partial charge in [0.2, 0.25) is 5.91 Å². The topological polar surface area (TPSA) is 82.3 Å². The number of halogens is 1. The molecule has 0 aliphatic heterocycles. The molecule has 0 radical (unpaired) electrons. The number of thiophene rings is 1. The number of hydrogen-bond donors (Lipinski definition) is 1. The van der Waals surface area contributed by atoms with Gasteiger partial charge in [0.15, 0.2) is 0 Å². The van der Waals surface area contributed by atoms with Crippen molar-refractivity contribution < 1.29 is 9.53 Å². The second kappa shape index (κ2) is 9.02. The summed E-state index contributed by atoms with van der Waals surface area (Å²) in [6.45, 7) is 1.68. The van der Waals surface area contributed by atoms with Gasteiger partial charge < -0.3 is 10.1 Å². The Morgan fingerprint density at radius 3 is 2.72 bits per heavy atom. The Kier molecular flexibility index (Phi) is 6.16. The van der Waals surface area contributed by atoms with Crippen molar-refractivity contribution >= 4 is 44.7 Å². The molecule has 32 heavy (non-hydrogen) atoms. The Balaban J connectivity index is 1.72.